The van der Waals surface area contributed by atoms with Crippen LogP contribution in [-0.4, -0.2) is 44.1 Å². The van der Waals surface area contributed by atoms with Crippen LogP contribution in [0, 0.1) is 23.6 Å². The predicted octanol–water partition coefficient (Wildman–Crippen LogP) is 3.28. The highest BCUT2D eigenvalue weighted by molar-refractivity contribution is 5.71. The number of pyridine rings is 2. The monoisotopic (exact) mass is 421 g/mol. The van der Waals surface area contributed by atoms with Crippen LogP contribution in [0.1, 0.15) is 11.4 Å². The second kappa shape index (κ2) is 6.90. The van der Waals surface area contributed by atoms with Crippen LogP contribution in [0.4, 0.5) is 17.6 Å². The van der Waals surface area contributed by atoms with Gasteiger partial charge < -0.3 is 9.30 Å². The molecule has 0 bridgehead atoms. The fraction of sp³-hybridized carbons (Fsp3) is 0.450. The van der Waals surface area contributed by atoms with Gasteiger partial charge in [0, 0.05) is 38.4 Å². The fourth-order valence-corrected chi connectivity index (χ4v) is 4.39. The van der Waals surface area contributed by atoms with E-state index < -0.39 is 17.6 Å². The highest BCUT2D eigenvalue weighted by Crippen LogP contribution is 2.52. The van der Waals surface area contributed by atoms with Crippen LogP contribution < -0.4 is 4.74 Å². The van der Waals surface area contributed by atoms with Crippen molar-refractivity contribution >= 4 is 11.2 Å². The summed E-state index contributed by atoms with van der Waals surface area (Å²) in [5.74, 6) is 0.635. The second-order valence-corrected chi connectivity index (χ2v) is 7.94. The van der Waals surface area contributed by atoms with Crippen LogP contribution in [0.5, 0.6) is 5.88 Å². The van der Waals surface area contributed by atoms with E-state index in [0.717, 1.165) is 36.6 Å². The molecule has 1 saturated carbocycles. The van der Waals surface area contributed by atoms with E-state index in [1.807, 2.05) is 23.7 Å². The Hall–Kier alpha value is -2.75. The van der Waals surface area contributed by atoms with Gasteiger partial charge in [0.15, 0.2) is 11.5 Å². The molecule has 10 heteroatoms. The lowest BCUT2D eigenvalue weighted by Crippen LogP contribution is -2.26. The number of alkyl halides is 3. The Morgan fingerprint density at radius 3 is 2.63 bits per heavy atom. The van der Waals surface area contributed by atoms with Gasteiger partial charge in [0.1, 0.15) is 5.82 Å². The smallest absolute Gasteiger partial charge is 0.417 e. The first-order valence-corrected chi connectivity index (χ1v) is 9.65. The normalized spacial score (nSPS) is 23.7. The largest absolute Gasteiger partial charge is 0.475 e. The summed E-state index contributed by atoms with van der Waals surface area (Å²) in [4.78, 5) is 14.7. The number of piperidine rings is 1. The van der Waals surface area contributed by atoms with Gasteiger partial charge in [-0.15, -0.1) is 0 Å². The summed E-state index contributed by atoms with van der Waals surface area (Å²) in [6.07, 6.45) is -2.30. The molecule has 6 nitrogen and oxygen atoms in total. The van der Waals surface area contributed by atoms with Gasteiger partial charge in [0.05, 0.1) is 24.2 Å². The van der Waals surface area contributed by atoms with Crippen molar-refractivity contribution in [3.63, 3.8) is 0 Å². The van der Waals surface area contributed by atoms with Crippen LogP contribution in [0.15, 0.2) is 30.6 Å². The minimum absolute atomic E-state index is 0.259. The van der Waals surface area contributed by atoms with E-state index in [-0.39, 0.29) is 18.4 Å². The number of nitrogens with zero attached hydrogens (tertiary/aromatic N) is 5. The summed E-state index contributed by atoms with van der Waals surface area (Å²) < 4.78 is 59.1. The molecule has 30 heavy (non-hydrogen) atoms. The van der Waals surface area contributed by atoms with Crippen molar-refractivity contribution in [2.45, 2.75) is 12.7 Å². The van der Waals surface area contributed by atoms with E-state index in [9.17, 15) is 17.6 Å². The van der Waals surface area contributed by atoms with Crippen molar-refractivity contribution in [1.82, 2.24) is 24.4 Å². The molecule has 158 valence electrons. The van der Waals surface area contributed by atoms with Crippen molar-refractivity contribution < 1.29 is 22.3 Å². The van der Waals surface area contributed by atoms with E-state index in [0.29, 0.717) is 24.1 Å². The Bertz CT molecular complexity index is 1090. The summed E-state index contributed by atoms with van der Waals surface area (Å²) in [7, 11) is 1.98. The molecule has 0 amide bonds. The first-order valence-electron chi connectivity index (χ1n) is 9.65. The maximum Gasteiger partial charge on any atom is 0.417 e. The van der Waals surface area contributed by atoms with Gasteiger partial charge in [-0.3, -0.25) is 4.90 Å². The Labute approximate surface area is 169 Å². The average molecular weight is 421 g/mol. The van der Waals surface area contributed by atoms with Gasteiger partial charge in [0.25, 0.3) is 0 Å². The third-order valence-electron chi connectivity index (χ3n) is 6.11. The second-order valence-electron chi connectivity index (χ2n) is 7.94. The number of aromatic nitrogens is 4. The van der Waals surface area contributed by atoms with Crippen LogP contribution in [-0.2, 0) is 19.8 Å². The molecule has 2 aliphatic rings. The number of fused-ring (bicyclic) bond motifs is 2. The zero-order chi connectivity index (χ0) is 21.0. The first kappa shape index (κ1) is 19.2. The van der Waals surface area contributed by atoms with Crippen molar-refractivity contribution in [3.8, 4) is 5.88 Å². The SMILES string of the molecule is Cn1c(CN2C[C@@H]3C(COc4ncc(C(F)(F)F)cc4F)[C@@H]3C2)nc2ncccc21. The molecule has 3 aromatic heterocycles. The number of likely N-dealkylation sites (tertiary alicyclic amines) is 1. The third-order valence-corrected chi connectivity index (χ3v) is 6.11. The fourth-order valence-electron chi connectivity index (χ4n) is 4.39. The van der Waals surface area contributed by atoms with Gasteiger partial charge in [-0.05, 0) is 30.0 Å². The standard InChI is InChI=1S/C20H19F4N5O/c1-28-16-3-2-4-25-18(16)27-17(28)9-29-7-12-13(8-29)14(12)10-30-19-15(21)5-11(6-26-19)20(22,23)24/h2-6,12-14H,7-10H2,1H3/t12-,13+,14?. The quantitative estimate of drug-likeness (QED) is 0.592. The number of imidazole rings is 1. The summed E-state index contributed by atoms with van der Waals surface area (Å²) in [6.45, 7) is 2.76. The van der Waals surface area contributed by atoms with E-state index >= 15 is 0 Å². The molecule has 1 saturated heterocycles. The lowest BCUT2D eigenvalue weighted by Gasteiger charge is -2.19. The number of ether oxygens (including phenoxy) is 1. The molecule has 3 aromatic rings. The summed E-state index contributed by atoms with van der Waals surface area (Å²) >= 11 is 0. The molecule has 0 aromatic carbocycles. The van der Waals surface area contributed by atoms with Crippen molar-refractivity contribution in [2.75, 3.05) is 19.7 Å². The molecule has 4 heterocycles. The molecule has 1 unspecified atom stereocenters. The van der Waals surface area contributed by atoms with Crippen LogP contribution in [0.2, 0.25) is 0 Å². The Balaban J connectivity index is 1.15. The van der Waals surface area contributed by atoms with E-state index in [2.05, 4.69) is 19.9 Å². The van der Waals surface area contributed by atoms with Crippen LogP contribution in [0.3, 0.4) is 0 Å². The maximum absolute atomic E-state index is 13.9. The topological polar surface area (TPSA) is 56.1 Å². The highest BCUT2D eigenvalue weighted by atomic mass is 19.4. The summed E-state index contributed by atoms with van der Waals surface area (Å²) in [6, 6.07) is 4.29. The lowest BCUT2D eigenvalue weighted by atomic mass is 10.2. The molecule has 2 fully saturated rings. The van der Waals surface area contributed by atoms with Gasteiger partial charge in [-0.25, -0.2) is 19.3 Å². The van der Waals surface area contributed by atoms with Crippen molar-refractivity contribution in [3.05, 3.63) is 47.8 Å². The van der Waals surface area contributed by atoms with E-state index in [1.165, 1.54) is 0 Å². The Kier molecular flexibility index (Phi) is 4.42. The average Bonchev–Trinajstić information content (AvgIpc) is 3.02. The number of hydrogen-bond donors (Lipinski definition) is 0. The van der Waals surface area contributed by atoms with Gasteiger partial charge in [-0.2, -0.15) is 13.2 Å². The zero-order valence-electron chi connectivity index (χ0n) is 16.1. The molecule has 0 N–H and O–H groups in total. The summed E-state index contributed by atoms with van der Waals surface area (Å²) in [5.41, 5.74) is 0.606. The maximum atomic E-state index is 13.9. The van der Waals surface area contributed by atoms with Gasteiger partial charge >= 0.3 is 6.18 Å². The number of halogens is 4. The first-order chi connectivity index (χ1) is 14.3. The minimum Gasteiger partial charge on any atom is -0.475 e. The molecule has 1 aliphatic heterocycles. The highest BCUT2D eigenvalue weighted by Gasteiger charge is 2.55. The molecule has 1 aliphatic carbocycles. The zero-order valence-corrected chi connectivity index (χ0v) is 16.1. The van der Waals surface area contributed by atoms with Gasteiger partial charge in [0.2, 0.25) is 5.88 Å². The van der Waals surface area contributed by atoms with E-state index in [4.69, 9.17) is 4.74 Å². The number of rotatable bonds is 5. The number of aryl methyl sites for hydroxylation is 1. The van der Waals surface area contributed by atoms with E-state index in [1.54, 1.807) is 6.20 Å². The molecular weight excluding hydrogens is 402 g/mol. The van der Waals surface area contributed by atoms with Crippen molar-refractivity contribution in [1.29, 1.82) is 0 Å². The predicted molar refractivity (Wildman–Crippen MR) is 98.9 cm³/mol. The Morgan fingerprint density at radius 2 is 1.97 bits per heavy atom. The molecule has 5 rings (SSSR count). The number of hydrogen-bond acceptors (Lipinski definition) is 5. The molecular formula is C20H19F4N5O. The molecule has 0 radical (unpaired) electrons. The molecule has 3 atom stereocenters. The third kappa shape index (κ3) is 3.38. The summed E-state index contributed by atoms with van der Waals surface area (Å²) in [5, 5.41) is 0. The van der Waals surface area contributed by atoms with Crippen molar-refractivity contribution in [2.24, 2.45) is 24.8 Å². The minimum atomic E-state index is -4.63. The molecule has 0 spiro atoms. The Morgan fingerprint density at radius 1 is 1.20 bits per heavy atom. The van der Waals surface area contributed by atoms with Gasteiger partial charge in [-0.1, -0.05) is 0 Å². The van der Waals surface area contributed by atoms with Crippen LogP contribution in [0.25, 0.3) is 11.2 Å². The van der Waals surface area contributed by atoms with Crippen LogP contribution >= 0.6 is 0 Å². The lowest BCUT2D eigenvalue weighted by molar-refractivity contribution is -0.138.